The molecule has 0 spiro atoms. The van der Waals surface area contributed by atoms with Gasteiger partial charge < -0.3 is 20.3 Å². The monoisotopic (exact) mass is 365 g/mol. The molecular weight excluding hydrogens is 338 g/mol. The largest absolute Gasteiger partial charge is 0.501 e. The van der Waals surface area contributed by atoms with Crippen molar-refractivity contribution >= 4 is 12.0 Å². The summed E-state index contributed by atoms with van der Waals surface area (Å²) in [5, 5.41) is 12.3. The Bertz CT molecular complexity index is 629. The highest BCUT2D eigenvalue weighted by Crippen LogP contribution is 2.36. The van der Waals surface area contributed by atoms with Gasteiger partial charge in [0.2, 0.25) is 11.7 Å². The standard InChI is InChI=1S/C18H27N3O5/c1-11(2)10-13(19)16(23)21-18(24)26-17-15(22)14(8-9-20-17)25-12-6-4-3-5-7-12/h8-9,11-13,22H,3-7,10,19H2,1-2H3,(H,21,23,24)/t13-/m0/s1. The maximum Gasteiger partial charge on any atom is 0.420 e. The Kier molecular flexibility index (Phi) is 7.20. The lowest BCUT2D eigenvalue weighted by Crippen LogP contribution is -2.45. The second-order valence-corrected chi connectivity index (χ2v) is 6.96. The Morgan fingerprint density at radius 2 is 2.04 bits per heavy atom. The van der Waals surface area contributed by atoms with E-state index in [0.717, 1.165) is 25.7 Å². The predicted octanol–water partition coefficient (Wildman–Crippen LogP) is 2.49. The number of aromatic hydroxyl groups is 1. The lowest BCUT2D eigenvalue weighted by molar-refractivity contribution is -0.121. The highest BCUT2D eigenvalue weighted by molar-refractivity contribution is 5.95. The van der Waals surface area contributed by atoms with Crippen molar-refractivity contribution in [1.82, 2.24) is 10.3 Å². The van der Waals surface area contributed by atoms with Crippen molar-refractivity contribution in [1.29, 1.82) is 0 Å². The van der Waals surface area contributed by atoms with Crippen LogP contribution in [-0.2, 0) is 4.79 Å². The lowest BCUT2D eigenvalue weighted by Gasteiger charge is -2.23. The molecule has 0 saturated heterocycles. The van der Waals surface area contributed by atoms with Gasteiger partial charge in [-0.2, -0.15) is 0 Å². The van der Waals surface area contributed by atoms with E-state index in [0.29, 0.717) is 6.42 Å². The van der Waals surface area contributed by atoms with Crippen LogP contribution >= 0.6 is 0 Å². The molecule has 1 atom stereocenters. The number of amides is 2. The van der Waals surface area contributed by atoms with E-state index in [4.69, 9.17) is 15.2 Å². The van der Waals surface area contributed by atoms with Crippen LogP contribution < -0.4 is 20.5 Å². The highest BCUT2D eigenvalue weighted by atomic mass is 16.6. The van der Waals surface area contributed by atoms with Gasteiger partial charge in [0, 0.05) is 12.3 Å². The van der Waals surface area contributed by atoms with E-state index in [1.165, 1.54) is 18.7 Å². The summed E-state index contributed by atoms with van der Waals surface area (Å²) in [4.78, 5) is 27.5. The van der Waals surface area contributed by atoms with Gasteiger partial charge in [-0.25, -0.2) is 9.78 Å². The van der Waals surface area contributed by atoms with Crippen LogP contribution in [0, 0.1) is 5.92 Å². The number of hydrogen-bond acceptors (Lipinski definition) is 7. The number of pyridine rings is 1. The van der Waals surface area contributed by atoms with Crippen LogP contribution in [0.3, 0.4) is 0 Å². The van der Waals surface area contributed by atoms with Gasteiger partial charge in [0.05, 0.1) is 12.1 Å². The summed E-state index contributed by atoms with van der Waals surface area (Å²) >= 11 is 0. The molecule has 144 valence electrons. The van der Waals surface area contributed by atoms with Crippen LogP contribution in [0.25, 0.3) is 0 Å². The number of nitrogens with zero attached hydrogens (tertiary/aromatic N) is 1. The molecule has 0 radical (unpaired) electrons. The molecule has 26 heavy (non-hydrogen) atoms. The minimum absolute atomic E-state index is 0.0225. The maximum atomic E-state index is 11.9. The van der Waals surface area contributed by atoms with Crippen LogP contribution in [0.2, 0.25) is 0 Å². The van der Waals surface area contributed by atoms with E-state index in [1.54, 1.807) is 0 Å². The van der Waals surface area contributed by atoms with Crippen LogP contribution in [0.1, 0.15) is 52.4 Å². The molecule has 1 aromatic heterocycles. The first-order valence-corrected chi connectivity index (χ1v) is 8.99. The van der Waals surface area contributed by atoms with Crippen LogP contribution in [-0.4, -0.2) is 34.2 Å². The fraction of sp³-hybridized carbons (Fsp3) is 0.611. The van der Waals surface area contributed by atoms with Gasteiger partial charge >= 0.3 is 6.09 Å². The minimum Gasteiger partial charge on any atom is -0.501 e. The summed E-state index contributed by atoms with van der Waals surface area (Å²) in [6.45, 7) is 3.84. The summed E-state index contributed by atoms with van der Waals surface area (Å²) in [5.74, 6) is -0.908. The van der Waals surface area contributed by atoms with Gasteiger partial charge in [0.25, 0.3) is 5.88 Å². The molecule has 8 heteroatoms. The summed E-state index contributed by atoms with van der Waals surface area (Å²) in [5.41, 5.74) is 5.71. The van der Waals surface area contributed by atoms with E-state index >= 15 is 0 Å². The molecule has 0 aromatic carbocycles. The molecule has 8 nitrogen and oxygen atoms in total. The third kappa shape index (κ3) is 5.87. The van der Waals surface area contributed by atoms with E-state index in [1.807, 2.05) is 19.2 Å². The number of carbonyl (C=O) groups excluding carboxylic acids is 2. The molecule has 2 amide bonds. The van der Waals surface area contributed by atoms with Crippen LogP contribution in [0.4, 0.5) is 4.79 Å². The molecule has 0 bridgehead atoms. The van der Waals surface area contributed by atoms with Gasteiger partial charge in [-0.1, -0.05) is 20.3 Å². The number of nitrogens with one attached hydrogen (secondary N) is 1. The zero-order valence-corrected chi connectivity index (χ0v) is 15.2. The molecule has 0 unspecified atom stereocenters. The van der Waals surface area contributed by atoms with Crippen molar-refractivity contribution in [3.63, 3.8) is 0 Å². The summed E-state index contributed by atoms with van der Waals surface area (Å²) in [7, 11) is 0. The SMILES string of the molecule is CC(C)C[C@H](N)C(=O)NC(=O)Oc1nccc(OC2CCCCC2)c1O. The number of aromatic nitrogens is 1. The van der Waals surface area contributed by atoms with E-state index in [9.17, 15) is 14.7 Å². The third-order valence-corrected chi connectivity index (χ3v) is 4.18. The molecule has 2 rings (SSSR count). The zero-order chi connectivity index (χ0) is 19.1. The highest BCUT2D eigenvalue weighted by Gasteiger charge is 2.22. The van der Waals surface area contributed by atoms with E-state index in [2.05, 4.69) is 4.98 Å². The molecule has 1 saturated carbocycles. The van der Waals surface area contributed by atoms with Gasteiger partial charge in [-0.3, -0.25) is 10.1 Å². The topological polar surface area (TPSA) is 124 Å². The average molecular weight is 365 g/mol. The molecule has 0 aliphatic heterocycles. The lowest BCUT2D eigenvalue weighted by atomic mass is 9.98. The van der Waals surface area contributed by atoms with Gasteiger partial charge in [0.1, 0.15) is 0 Å². The Morgan fingerprint density at radius 3 is 2.69 bits per heavy atom. The van der Waals surface area contributed by atoms with Crippen molar-refractivity contribution in [2.45, 2.75) is 64.5 Å². The molecule has 1 aliphatic carbocycles. The van der Waals surface area contributed by atoms with Crippen molar-refractivity contribution in [3.05, 3.63) is 12.3 Å². The number of carbonyl (C=O) groups is 2. The number of nitrogens with two attached hydrogens (primary N) is 1. The number of rotatable bonds is 6. The predicted molar refractivity (Wildman–Crippen MR) is 95.0 cm³/mol. The number of imide groups is 1. The van der Waals surface area contributed by atoms with E-state index < -0.39 is 18.0 Å². The third-order valence-electron chi connectivity index (χ3n) is 4.18. The van der Waals surface area contributed by atoms with Gasteiger partial charge in [-0.15, -0.1) is 0 Å². The van der Waals surface area contributed by atoms with Gasteiger partial charge in [-0.05, 0) is 38.0 Å². The second-order valence-electron chi connectivity index (χ2n) is 6.96. The molecule has 4 N–H and O–H groups in total. The molecule has 1 aliphatic rings. The summed E-state index contributed by atoms with van der Waals surface area (Å²) in [6, 6.07) is 0.698. The molecular formula is C18H27N3O5. The van der Waals surface area contributed by atoms with Crippen molar-refractivity contribution in [2.75, 3.05) is 0 Å². The number of ether oxygens (including phenoxy) is 2. The first-order valence-electron chi connectivity index (χ1n) is 8.99. The molecule has 1 aromatic rings. The first kappa shape index (κ1) is 20.0. The molecule has 1 heterocycles. The smallest absolute Gasteiger partial charge is 0.420 e. The minimum atomic E-state index is -1.05. The van der Waals surface area contributed by atoms with E-state index in [-0.39, 0.29) is 29.4 Å². The fourth-order valence-corrected chi connectivity index (χ4v) is 2.87. The van der Waals surface area contributed by atoms with Gasteiger partial charge in [0.15, 0.2) is 5.75 Å². The van der Waals surface area contributed by atoms with Crippen molar-refractivity contribution < 1.29 is 24.2 Å². The zero-order valence-electron chi connectivity index (χ0n) is 15.2. The maximum absolute atomic E-state index is 11.9. The Hall–Kier alpha value is -2.35. The molecule has 1 fully saturated rings. The Balaban J connectivity index is 1.95. The van der Waals surface area contributed by atoms with Crippen LogP contribution in [0.15, 0.2) is 12.3 Å². The first-order chi connectivity index (χ1) is 12.4. The van der Waals surface area contributed by atoms with Crippen molar-refractivity contribution in [3.8, 4) is 17.4 Å². The fourth-order valence-electron chi connectivity index (χ4n) is 2.87. The summed E-state index contributed by atoms with van der Waals surface area (Å²) in [6.07, 6.45) is 5.97. The number of hydrogen-bond donors (Lipinski definition) is 3. The van der Waals surface area contributed by atoms with Crippen LogP contribution in [0.5, 0.6) is 17.4 Å². The normalized spacial score (nSPS) is 16.2. The average Bonchev–Trinajstić information content (AvgIpc) is 2.58. The Labute approximate surface area is 153 Å². The van der Waals surface area contributed by atoms with Crippen molar-refractivity contribution in [2.24, 2.45) is 11.7 Å². The Morgan fingerprint density at radius 1 is 1.35 bits per heavy atom. The second kappa shape index (κ2) is 9.38. The quantitative estimate of drug-likeness (QED) is 0.707. The summed E-state index contributed by atoms with van der Waals surface area (Å²) < 4.78 is 10.7.